The Balaban J connectivity index is 2.15. The van der Waals surface area contributed by atoms with Crippen molar-refractivity contribution in [1.82, 2.24) is 15.1 Å². The molecule has 110 valence electrons. The summed E-state index contributed by atoms with van der Waals surface area (Å²) in [5, 5.41) is 17.3. The highest BCUT2D eigenvalue weighted by atomic mass is 16.4. The first-order chi connectivity index (χ1) is 10.2. The topological polar surface area (TPSA) is 70.4 Å². The number of aromatic nitrogens is 2. The van der Waals surface area contributed by atoms with Crippen LogP contribution in [-0.4, -0.2) is 47.0 Å². The van der Waals surface area contributed by atoms with Crippen molar-refractivity contribution in [3.8, 4) is 5.69 Å². The number of aryl methyl sites for hydroxylation is 1. The molecule has 2 heterocycles. The second-order valence-corrected chi connectivity index (χ2v) is 5.07. The number of carboxylic acids is 1. The number of carbonyl (C=O) groups is 1. The van der Waals surface area contributed by atoms with E-state index in [1.54, 1.807) is 11.6 Å². The molecule has 6 heteroatoms. The lowest BCUT2D eigenvalue weighted by atomic mass is 10.2. The number of nitrogens with zero attached hydrogens (tertiary/aromatic N) is 3. The molecule has 1 saturated heterocycles. The third-order valence-corrected chi connectivity index (χ3v) is 3.67. The molecule has 0 radical (unpaired) electrons. The summed E-state index contributed by atoms with van der Waals surface area (Å²) in [6, 6.07) is 9.65. The van der Waals surface area contributed by atoms with Gasteiger partial charge in [-0.2, -0.15) is 5.10 Å². The van der Waals surface area contributed by atoms with Crippen LogP contribution in [0.3, 0.4) is 0 Å². The molecular formula is C15H18N4O2. The zero-order valence-corrected chi connectivity index (χ0v) is 11.9. The molecule has 0 atom stereocenters. The standard InChI is InChI=1S/C15H18N4O2/c1-11-13(15(20)21)14(18-9-7-16-8-10-18)19(17-11)12-5-3-2-4-6-12/h2-6,16H,7-10H2,1H3,(H,20,21). The number of para-hydroxylation sites is 1. The third kappa shape index (κ3) is 2.50. The third-order valence-electron chi connectivity index (χ3n) is 3.67. The van der Waals surface area contributed by atoms with Crippen molar-refractivity contribution >= 4 is 11.8 Å². The molecule has 6 nitrogen and oxygen atoms in total. The van der Waals surface area contributed by atoms with Gasteiger partial charge in [0.2, 0.25) is 0 Å². The lowest BCUT2D eigenvalue weighted by molar-refractivity contribution is 0.0696. The van der Waals surface area contributed by atoms with Gasteiger partial charge in [-0.05, 0) is 19.1 Å². The molecule has 0 unspecified atom stereocenters. The molecule has 1 aliphatic heterocycles. The molecule has 0 bridgehead atoms. The molecule has 0 amide bonds. The summed E-state index contributed by atoms with van der Waals surface area (Å²) in [6.45, 7) is 4.99. The fourth-order valence-corrected chi connectivity index (χ4v) is 2.68. The fourth-order valence-electron chi connectivity index (χ4n) is 2.68. The van der Waals surface area contributed by atoms with Crippen molar-refractivity contribution < 1.29 is 9.90 Å². The van der Waals surface area contributed by atoms with Gasteiger partial charge in [0.1, 0.15) is 11.4 Å². The lowest BCUT2D eigenvalue weighted by Crippen LogP contribution is -2.44. The van der Waals surface area contributed by atoms with Crippen molar-refractivity contribution in [2.24, 2.45) is 0 Å². The quantitative estimate of drug-likeness (QED) is 0.889. The van der Waals surface area contributed by atoms with Gasteiger partial charge in [0, 0.05) is 26.2 Å². The number of hydrogen-bond acceptors (Lipinski definition) is 4. The van der Waals surface area contributed by atoms with Gasteiger partial charge >= 0.3 is 5.97 Å². The van der Waals surface area contributed by atoms with E-state index in [2.05, 4.69) is 15.3 Å². The molecule has 1 fully saturated rings. The zero-order valence-electron chi connectivity index (χ0n) is 11.9. The van der Waals surface area contributed by atoms with Gasteiger partial charge in [-0.3, -0.25) is 0 Å². The van der Waals surface area contributed by atoms with Crippen molar-refractivity contribution in [2.45, 2.75) is 6.92 Å². The Morgan fingerprint density at radius 2 is 1.90 bits per heavy atom. The maximum absolute atomic E-state index is 11.6. The van der Waals surface area contributed by atoms with Crippen LogP contribution < -0.4 is 10.2 Å². The van der Waals surface area contributed by atoms with Crippen LogP contribution in [-0.2, 0) is 0 Å². The largest absolute Gasteiger partial charge is 0.477 e. The van der Waals surface area contributed by atoms with E-state index in [-0.39, 0.29) is 0 Å². The first-order valence-electron chi connectivity index (χ1n) is 7.02. The first-order valence-corrected chi connectivity index (χ1v) is 7.02. The minimum atomic E-state index is -0.928. The van der Waals surface area contributed by atoms with Gasteiger partial charge < -0.3 is 15.3 Å². The Hall–Kier alpha value is -2.34. The summed E-state index contributed by atoms with van der Waals surface area (Å²) >= 11 is 0. The van der Waals surface area contributed by atoms with Gasteiger partial charge in [-0.1, -0.05) is 18.2 Å². The minimum Gasteiger partial charge on any atom is -0.477 e. The van der Waals surface area contributed by atoms with Crippen LogP contribution in [0.25, 0.3) is 5.69 Å². The van der Waals surface area contributed by atoms with E-state index in [9.17, 15) is 9.90 Å². The Labute approximate surface area is 123 Å². The van der Waals surface area contributed by atoms with E-state index in [1.807, 2.05) is 30.3 Å². The highest BCUT2D eigenvalue weighted by molar-refractivity contribution is 5.95. The Morgan fingerprint density at radius 3 is 2.52 bits per heavy atom. The molecule has 0 spiro atoms. The van der Waals surface area contributed by atoms with Crippen molar-refractivity contribution in [1.29, 1.82) is 0 Å². The molecule has 1 aromatic heterocycles. The van der Waals surface area contributed by atoms with Gasteiger partial charge in [0.05, 0.1) is 11.4 Å². The average molecular weight is 286 g/mol. The number of benzene rings is 1. The smallest absolute Gasteiger partial charge is 0.341 e. The summed E-state index contributed by atoms with van der Waals surface area (Å²) < 4.78 is 1.74. The normalized spacial score (nSPS) is 15.2. The molecule has 2 N–H and O–H groups in total. The molecule has 3 rings (SSSR count). The van der Waals surface area contributed by atoms with Crippen molar-refractivity contribution in [3.63, 3.8) is 0 Å². The monoisotopic (exact) mass is 286 g/mol. The highest BCUT2D eigenvalue weighted by Gasteiger charge is 2.27. The molecule has 0 saturated carbocycles. The van der Waals surface area contributed by atoms with Crippen molar-refractivity contribution in [2.75, 3.05) is 31.1 Å². The number of nitrogens with one attached hydrogen (secondary N) is 1. The number of hydrogen-bond donors (Lipinski definition) is 2. The fraction of sp³-hybridized carbons (Fsp3) is 0.333. The van der Waals surface area contributed by atoms with E-state index in [4.69, 9.17) is 0 Å². The van der Waals surface area contributed by atoms with Gasteiger partial charge in [0.25, 0.3) is 0 Å². The molecule has 0 aliphatic carbocycles. The molecule has 1 aromatic carbocycles. The average Bonchev–Trinajstić information content (AvgIpc) is 2.86. The van der Waals surface area contributed by atoms with E-state index < -0.39 is 5.97 Å². The highest BCUT2D eigenvalue weighted by Crippen LogP contribution is 2.27. The number of aromatic carboxylic acids is 1. The summed E-state index contributed by atoms with van der Waals surface area (Å²) in [4.78, 5) is 13.7. The summed E-state index contributed by atoms with van der Waals surface area (Å²) in [6.07, 6.45) is 0. The SMILES string of the molecule is Cc1nn(-c2ccccc2)c(N2CCNCC2)c1C(=O)O. The minimum absolute atomic E-state index is 0.292. The second-order valence-electron chi connectivity index (χ2n) is 5.07. The van der Waals surface area contributed by atoms with E-state index in [0.717, 1.165) is 31.9 Å². The van der Waals surface area contributed by atoms with E-state index in [1.165, 1.54) is 0 Å². The van der Waals surface area contributed by atoms with Crippen molar-refractivity contribution in [3.05, 3.63) is 41.6 Å². The van der Waals surface area contributed by atoms with Gasteiger partial charge in [0.15, 0.2) is 0 Å². The number of piperazine rings is 1. The first kappa shape index (κ1) is 13.6. The summed E-state index contributed by atoms with van der Waals surface area (Å²) in [5.74, 6) is -0.254. The van der Waals surface area contributed by atoms with Crippen LogP contribution in [0.5, 0.6) is 0 Å². The maximum Gasteiger partial charge on any atom is 0.341 e. The lowest BCUT2D eigenvalue weighted by Gasteiger charge is -2.30. The summed E-state index contributed by atoms with van der Waals surface area (Å²) in [5.41, 5.74) is 1.71. The number of carboxylic acid groups (broad SMARTS) is 1. The van der Waals surface area contributed by atoms with Crippen LogP contribution >= 0.6 is 0 Å². The Bertz CT molecular complexity index is 645. The Morgan fingerprint density at radius 1 is 1.24 bits per heavy atom. The molecule has 21 heavy (non-hydrogen) atoms. The van der Waals surface area contributed by atoms with E-state index >= 15 is 0 Å². The Kier molecular flexibility index (Phi) is 3.62. The predicted octanol–water partition coefficient (Wildman–Crippen LogP) is 1.29. The maximum atomic E-state index is 11.6. The van der Waals surface area contributed by atoms with Crippen LogP contribution in [0.2, 0.25) is 0 Å². The zero-order chi connectivity index (χ0) is 14.8. The molecule has 1 aliphatic rings. The summed E-state index contributed by atoms with van der Waals surface area (Å²) in [7, 11) is 0. The molecular weight excluding hydrogens is 268 g/mol. The predicted molar refractivity (Wildman–Crippen MR) is 80.3 cm³/mol. The number of anilines is 1. The molecule has 2 aromatic rings. The van der Waals surface area contributed by atoms with Crippen LogP contribution in [0, 0.1) is 6.92 Å². The van der Waals surface area contributed by atoms with Crippen LogP contribution in [0.15, 0.2) is 30.3 Å². The van der Waals surface area contributed by atoms with Crippen LogP contribution in [0.1, 0.15) is 16.1 Å². The second kappa shape index (κ2) is 5.57. The van der Waals surface area contributed by atoms with E-state index in [0.29, 0.717) is 17.1 Å². The number of rotatable bonds is 3. The van der Waals surface area contributed by atoms with Crippen LogP contribution in [0.4, 0.5) is 5.82 Å². The van der Waals surface area contributed by atoms with Gasteiger partial charge in [-0.15, -0.1) is 0 Å². The van der Waals surface area contributed by atoms with Gasteiger partial charge in [-0.25, -0.2) is 9.48 Å².